The molecule has 0 fully saturated rings. The average Bonchev–Trinajstić information content (AvgIpc) is 2.48. The van der Waals surface area contributed by atoms with Crippen molar-refractivity contribution in [3.63, 3.8) is 0 Å². The molecule has 2 aromatic rings. The van der Waals surface area contributed by atoms with E-state index in [4.69, 9.17) is 5.73 Å². The van der Waals surface area contributed by atoms with Crippen LogP contribution in [0.4, 0.5) is 10.1 Å². The summed E-state index contributed by atoms with van der Waals surface area (Å²) in [6, 6.07) is 9.87. The van der Waals surface area contributed by atoms with E-state index >= 15 is 0 Å². The van der Waals surface area contributed by atoms with E-state index in [2.05, 4.69) is 4.98 Å². The Hall–Kier alpha value is -2.43. The number of hydrogen-bond acceptors (Lipinski definition) is 3. The molecule has 0 saturated carbocycles. The summed E-state index contributed by atoms with van der Waals surface area (Å²) in [6.45, 7) is 0.492. The summed E-state index contributed by atoms with van der Waals surface area (Å²) >= 11 is 0. The van der Waals surface area contributed by atoms with Gasteiger partial charge >= 0.3 is 0 Å². The Balaban J connectivity index is 2.04. The Kier molecular flexibility index (Phi) is 4.30. The molecule has 0 aliphatic rings. The number of benzene rings is 1. The van der Waals surface area contributed by atoms with Gasteiger partial charge in [-0.1, -0.05) is 12.1 Å². The molecule has 0 aliphatic carbocycles. The van der Waals surface area contributed by atoms with Crippen molar-refractivity contribution in [2.24, 2.45) is 0 Å². The lowest BCUT2D eigenvalue weighted by atomic mass is 10.1. The van der Waals surface area contributed by atoms with Crippen LogP contribution in [0.1, 0.15) is 16.1 Å². The molecule has 2 rings (SSSR count). The number of amides is 1. The van der Waals surface area contributed by atoms with E-state index in [1.54, 1.807) is 13.2 Å². The predicted octanol–water partition coefficient (Wildman–Crippen LogP) is 2.12. The second kappa shape index (κ2) is 6.14. The summed E-state index contributed by atoms with van der Waals surface area (Å²) in [4.78, 5) is 17.9. The number of para-hydroxylation sites is 1. The fraction of sp³-hybridized carbons (Fsp3) is 0.200. The summed E-state index contributed by atoms with van der Waals surface area (Å²) in [6.07, 6.45) is 2.35. The summed E-state index contributed by atoms with van der Waals surface area (Å²) < 4.78 is 13.3. The summed E-state index contributed by atoms with van der Waals surface area (Å²) in [7, 11) is 1.66. The van der Waals surface area contributed by atoms with Crippen LogP contribution in [-0.4, -0.2) is 29.4 Å². The van der Waals surface area contributed by atoms with Gasteiger partial charge in [-0.05, 0) is 24.3 Å². The quantitative estimate of drug-likeness (QED) is 0.868. The highest BCUT2D eigenvalue weighted by Gasteiger charge is 2.16. The molecule has 5 heteroatoms. The number of likely N-dealkylation sites (N-methyl/N-ethyl adjacent to an activating group) is 1. The average molecular weight is 273 g/mol. The number of nitrogens with zero attached hydrogens (tertiary/aromatic N) is 2. The first-order valence-corrected chi connectivity index (χ1v) is 6.29. The standard InChI is InChI=1S/C15H16FN3O/c1-19(10-8-11-5-2-3-9-18-11)15(20)12-6-4-7-13(16)14(12)17/h2-7,9H,8,10,17H2,1H3. The van der Waals surface area contributed by atoms with E-state index in [0.717, 1.165) is 5.69 Å². The van der Waals surface area contributed by atoms with Crippen molar-refractivity contribution in [3.8, 4) is 0 Å². The maximum atomic E-state index is 13.3. The number of anilines is 1. The highest BCUT2D eigenvalue weighted by molar-refractivity contribution is 5.99. The maximum Gasteiger partial charge on any atom is 0.255 e. The van der Waals surface area contributed by atoms with Crippen LogP contribution in [0, 0.1) is 5.82 Å². The van der Waals surface area contributed by atoms with Crippen LogP contribution in [0.5, 0.6) is 0 Å². The lowest BCUT2D eigenvalue weighted by Gasteiger charge is -2.18. The van der Waals surface area contributed by atoms with E-state index in [0.29, 0.717) is 13.0 Å². The minimum absolute atomic E-state index is 0.109. The number of carbonyl (C=O) groups is 1. The first-order chi connectivity index (χ1) is 9.59. The van der Waals surface area contributed by atoms with Crippen molar-refractivity contribution in [1.82, 2.24) is 9.88 Å². The normalized spacial score (nSPS) is 10.3. The molecule has 2 N–H and O–H groups in total. The predicted molar refractivity (Wildman–Crippen MR) is 75.7 cm³/mol. The Bertz CT molecular complexity index is 601. The van der Waals surface area contributed by atoms with Gasteiger partial charge in [-0.3, -0.25) is 9.78 Å². The third-order valence-corrected chi connectivity index (χ3v) is 3.06. The Morgan fingerprint density at radius 1 is 1.30 bits per heavy atom. The molecule has 1 heterocycles. The van der Waals surface area contributed by atoms with Crippen LogP contribution in [0.3, 0.4) is 0 Å². The van der Waals surface area contributed by atoms with Gasteiger partial charge in [0.05, 0.1) is 11.3 Å². The van der Waals surface area contributed by atoms with Crippen LogP contribution in [-0.2, 0) is 6.42 Å². The molecule has 1 amide bonds. The first kappa shape index (κ1) is 14.0. The number of aromatic nitrogens is 1. The second-order valence-electron chi connectivity index (χ2n) is 4.50. The topological polar surface area (TPSA) is 59.2 Å². The highest BCUT2D eigenvalue weighted by atomic mass is 19.1. The molecule has 0 aliphatic heterocycles. The number of carbonyl (C=O) groups excluding carboxylic acids is 1. The fourth-order valence-corrected chi connectivity index (χ4v) is 1.86. The third kappa shape index (κ3) is 3.12. The molecule has 4 nitrogen and oxygen atoms in total. The van der Waals surface area contributed by atoms with Gasteiger partial charge in [-0.15, -0.1) is 0 Å². The zero-order valence-electron chi connectivity index (χ0n) is 11.2. The van der Waals surface area contributed by atoms with Crippen molar-refractivity contribution in [2.75, 3.05) is 19.3 Å². The number of pyridine rings is 1. The molecule has 0 spiro atoms. The van der Waals surface area contributed by atoms with E-state index in [9.17, 15) is 9.18 Å². The van der Waals surface area contributed by atoms with Gasteiger partial charge in [0.25, 0.3) is 5.91 Å². The molecule has 0 atom stereocenters. The lowest BCUT2D eigenvalue weighted by molar-refractivity contribution is 0.0797. The second-order valence-corrected chi connectivity index (χ2v) is 4.50. The lowest BCUT2D eigenvalue weighted by Crippen LogP contribution is -2.29. The van der Waals surface area contributed by atoms with Gasteiger partial charge in [0.15, 0.2) is 0 Å². The van der Waals surface area contributed by atoms with Crippen molar-refractivity contribution in [1.29, 1.82) is 0 Å². The van der Waals surface area contributed by atoms with Gasteiger partial charge in [0.2, 0.25) is 0 Å². The largest absolute Gasteiger partial charge is 0.396 e. The highest BCUT2D eigenvalue weighted by Crippen LogP contribution is 2.17. The minimum atomic E-state index is -0.575. The SMILES string of the molecule is CN(CCc1ccccn1)C(=O)c1cccc(F)c1N. The molecule has 0 saturated heterocycles. The summed E-state index contributed by atoms with van der Waals surface area (Å²) in [5.74, 6) is -0.869. The zero-order valence-corrected chi connectivity index (χ0v) is 11.2. The van der Waals surface area contributed by atoms with E-state index in [1.165, 1.54) is 23.1 Å². The molecule has 0 bridgehead atoms. The van der Waals surface area contributed by atoms with Gasteiger partial charge in [-0.25, -0.2) is 4.39 Å². The zero-order chi connectivity index (χ0) is 14.5. The van der Waals surface area contributed by atoms with Gasteiger partial charge in [0, 0.05) is 31.9 Å². The maximum absolute atomic E-state index is 13.3. The van der Waals surface area contributed by atoms with Gasteiger partial charge in [-0.2, -0.15) is 0 Å². The Morgan fingerprint density at radius 2 is 2.10 bits per heavy atom. The van der Waals surface area contributed by atoms with Crippen LogP contribution in [0.15, 0.2) is 42.6 Å². The van der Waals surface area contributed by atoms with Gasteiger partial charge < -0.3 is 10.6 Å². The monoisotopic (exact) mass is 273 g/mol. The van der Waals surface area contributed by atoms with E-state index in [1.807, 2.05) is 18.2 Å². The Morgan fingerprint density at radius 3 is 2.80 bits per heavy atom. The van der Waals surface area contributed by atoms with E-state index in [-0.39, 0.29) is 17.2 Å². The van der Waals surface area contributed by atoms with Crippen molar-refractivity contribution < 1.29 is 9.18 Å². The molecule has 0 radical (unpaired) electrons. The van der Waals surface area contributed by atoms with Crippen molar-refractivity contribution >= 4 is 11.6 Å². The number of nitrogens with two attached hydrogens (primary N) is 1. The van der Waals surface area contributed by atoms with E-state index < -0.39 is 5.82 Å². The fourth-order valence-electron chi connectivity index (χ4n) is 1.86. The molecule has 1 aromatic heterocycles. The molecular weight excluding hydrogens is 257 g/mol. The summed E-state index contributed by atoms with van der Waals surface area (Å²) in [5.41, 5.74) is 6.58. The van der Waals surface area contributed by atoms with Gasteiger partial charge in [0.1, 0.15) is 5.82 Å². The molecule has 20 heavy (non-hydrogen) atoms. The number of nitrogen functional groups attached to an aromatic ring is 1. The van der Waals surface area contributed by atoms with Crippen molar-refractivity contribution in [2.45, 2.75) is 6.42 Å². The molecule has 1 aromatic carbocycles. The van der Waals surface area contributed by atoms with Crippen LogP contribution in [0.25, 0.3) is 0 Å². The number of rotatable bonds is 4. The number of hydrogen-bond donors (Lipinski definition) is 1. The summed E-state index contributed by atoms with van der Waals surface area (Å²) in [5, 5.41) is 0. The van der Waals surface area contributed by atoms with Crippen LogP contribution >= 0.6 is 0 Å². The van der Waals surface area contributed by atoms with Crippen molar-refractivity contribution in [3.05, 3.63) is 59.7 Å². The molecule has 104 valence electrons. The Labute approximate surface area is 117 Å². The first-order valence-electron chi connectivity index (χ1n) is 6.29. The van der Waals surface area contributed by atoms with Crippen LogP contribution < -0.4 is 5.73 Å². The smallest absolute Gasteiger partial charge is 0.255 e. The number of halogens is 1. The molecular formula is C15H16FN3O. The minimum Gasteiger partial charge on any atom is -0.396 e. The molecule has 0 unspecified atom stereocenters. The third-order valence-electron chi connectivity index (χ3n) is 3.06. The van der Waals surface area contributed by atoms with Crippen LogP contribution in [0.2, 0.25) is 0 Å².